The van der Waals surface area contributed by atoms with E-state index in [1.165, 1.54) is 0 Å². The Morgan fingerprint density at radius 2 is 2.30 bits per heavy atom. The van der Waals surface area contributed by atoms with Crippen molar-refractivity contribution >= 4 is 5.91 Å². The number of hydrogen-bond acceptors (Lipinski definition) is 4. The van der Waals surface area contributed by atoms with Gasteiger partial charge in [-0.25, -0.2) is 0 Å². The number of nitrogens with zero attached hydrogens (tertiary/aromatic N) is 1. The van der Waals surface area contributed by atoms with Gasteiger partial charge in [0.1, 0.15) is 18.1 Å². The number of aromatic nitrogens is 2. The van der Waals surface area contributed by atoms with Crippen LogP contribution in [0, 0.1) is 13.8 Å². The Hall–Kier alpha value is -2.50. The maximum absolute atomic E-state index is 12.3. The van der Waals surface area contributed by atoms with Crippen molar-refractivity contribution in [3.8, 4) is 11.5 Å². The van der Waals surface area contributed by atoms with E-state index < -0.39 is 0 Å². The Kier molecular flexibility index (Phi) is 4.23. The number of benzene rings is 1. The lowest BCUT2D eigenvalue weighted by Gasteiger charge is -2.26. The van der Waals surface area contributed by atoms with E-state index in [0.717, 1.165) is 40.4 Å². The van der Waals surface area contributed by atoms with Gasteiger partial charge >= 0.3 is 0 Å². The molecule has 1 aliphatic rings. The summed E-state index contributed by atoms with van der Waals surface area (Å²) in [6.45, 7) is 4.30. The fourth-order valence-electron chi connectivity index (χ4n) is 2.85. The number of carbonyl (C=O) groups is 1. The third-order valence-corrected chi connectivity index (χ3v) is 4.16. The highest BCUT2D eigenvalue weighted by Gasteiger charge is 2.22. The highest BCUT2D eigenvalue weighted by molar-refractivity contribution is 5.79. The number of rotatable bonds is 4. The van der Waals surface area contributed by atoms with Crippen molar-refractivity contribution in [2.75, 3.05) is 13.7 Å². The predicted octanol–water partition coefficient (Wildman–Crippen LogP) is 1.70. The lowest BCUT2D eigenvalue weighted by Crippen LogP contribution is -2.43. The Morgan fingerprint density at radius 3 is 3.00 bits per heavy atom. The van der Waals surface area contributed by atoms with Crippen molar-refractivity contribution in [2.45, 2.75) is 32.7 Å². The highest BCUT2D eigenvalue weighted by Crippen LogP contribution is 2.29. The molecule has 2 heterocycles. The van der Waals surface area contributed by atoms with Gasteiger partial charge in [0.05, 0.1) is 25.3 Å². The number of aromatic amines is 1. The summed E-state index contributed by atoms with van der Waals surface area (Å²) in [6.07, 6.45) is 1.09. The lowest BCUT2D eigenvalue weighted by molar-refractivity contribution is -0.121. The molecule has 0 saturated heterocycles. The molecule has 2 N–H and O–H groups in total. The fraction of sp³-hybridized carbons (Fsp3) is 0.412. The second-order valence-corrected chi connectivity index (χ2v) is 5.84. The summed E-state index contributed by atoms with van der Waals surface area (Å²) in [7, 11) is 1.63. The van der Waals surface area contributed by atoms with Crippen molar-refractivity contribution in [1.82, 2.24) is 15.5 Å². The zero-order valence-corrected chi connectivity index (χ0v) is 13.6. The molecule has 0 spiro atoms. The Labute approximate surface area is 135 Å². The molecule has 1 atom stereocenters. The smallest absolute Gasteiger partial charge is 0.224 e. The van der Waals surface area contributed by atoms with E-state index in [0.29, 0.717) is 13.0 Å². The normalized spacial score (nSPS) is 16.4. The predicted molar refractivity (Wildman–Crippen MR) is 85.9 cm³/mol. The van der Waals surface area contributed by atoms with Crippen LogP contribution < -0.4 is 14.8 Å². The third kappa shape index (κ3) is 3.31. The number of hydrogen-bond donors (Lipinski definition) is 2. The average Bonchev–Trinajstić information content (AvgIpc) is 2.86. The first kappa shape index (κ1) is 15.4. The van der Waals surface area contributed by atoms with E-state index in [4.69, 9.17) is 9.47 Å². The number of fused-ring (bicyclic) bond motifs is 1. The minimum absolute atomic E-state index is 0.0110. The summed E-state index contributed by atoms with van der Waals surface area (Å²) in [5.74, 6) is 1.59. The third-order valence-electron chi connectivity index (χ3n) is 4.16. The van der Waals surface area contributed by atoms with E-state index in [2.05, 4.69) is 15.5 Å². The number of methoxy groups -OCH3 is 1. The van der Waals surface area contributed by atoms with Gasteiger partial charge < -0.3 is 14.8 Å². The molecule has 23 heavy (non-hydrogen) atoms. The SMILES string of the molecule is COc1ccc2c(c1)OC[C@@H](NC(=O)Cc1c(C)n[nH]c1C)C2. The number of ether oxygens (including phenoxy) is 2. The highest BCUT2D eigenvalue weighted by atomic mass is 16.5. The van der Waals surface area contributed by atoms with E-state index in [-0.39, 0.29) is 11.9 Å². The first-order valence-electron chi connectivity index (χ1n) is 7.66. The van der Waals surface area contributed by atoms with Crippen molar-refractivity contribution in [3.05, 3.63) is 40.7 Å². The molecule has 1 amide bonds. The minimum atomic E-state index is -0.0177. The molecular formula is C17H21N3O3. The summed E-state index contributed by atoms with van der Waals surface area (Å²) < 4.78 is 10.9. The molecule has 1 aromatic heterocycles. The van der Waals surface area contributed by atoms with Crippen molar-refractivity contribution in [1.29, 1.82) is 0 Å². The zero-order chi connectivity index (χ0) is 16.4. The summed E-state index contributed by atoms with van der Waals surface area (Å²) in [5.41, 5.74) is 3.85. The first-order valence-corrected chi connectivity index (χ1v) is 7.66. The summed E-state index contributed by atoms with van der Waals surface area (Å²) >= 11 is 0. The maximum Gasteiger partial charge on any atom is 0.224 e. The monoisotopic (exact) mass is 315 g/mol. The van der Waals surface area contributed by atoms with Crippen molar-refractivity contribution < 1.29 is 14.3 Å². The molecule has 122 valence electrons. The Morgan fingerprint density at radius 1 is 1.48 bits per heavy atom. The van der Waals surface area contributed by atoms with E-state index >= 15 is 0 Å². The van der Waals surface area contributed by atoms with E-state index in [9.17, 15) is 4.79 Å². The lowest BCUT2D eigenvalue weighted by atomic mass is 10.0. The number of carbonyl (C=O) groups excluding carboxylic acids is 1. The summed E-state index contributed by atoms with van der Waals surface area (Å²) in [6, 6.07) is 5.75. The number of H-pyrrole nitrogens is 1. The topological polar surface area (TPSA) is 76.2 Å². The summed E-state index contributed by atoms with van der Waals surface area (Å²) in [5, 5.41) is 10.1. The molecule has 0 unspecified atom stereocenters. The first-order chi connectivity index (χ1) is 11.1. The quantitative estimate of drug-likeness (QED) is 0.900. The molecule has 0 radical (unpaired) electrons. The Bertz CT molecular complexity index is 704. The molecule has 3 rings (SSSR count). The van der Waals surface area contributed by atoms with Crippen molar-refractivity contribution in [2.24, 2.45) is 0 Å². The van der Waals surface area contributed by atoms with Crippen LogP contribution in [0.4, 0.5) is 0 Å². The van der Waals surface area contributed by atoms with Crippen LogP contribution in [0.3, 0.4) is 0 Å². The van der Waals surface area contributed by atoms with Gasteiger partial charge in [-0.3, -0.25) is 9.89 Å². The van der Waals surface area contributed by atoms with Gasteiger partial charge in [-0.15, -0.1) is 0 Å². The summed E-state index contributed by atoms with van der Waals surface area (Å²) in [4.78, 5) is 12.3. The molecule has 0 fully saturated rings. The molecule has 2 aromatic rings. The van der Waals surface area contributed by atoms with Crippen LogP contribution in [-0.4, -0.2) is 35.9 Å². The van der Waals surface area contributed by atoms with Crippen LogP contribution >= 0.6 is 0 Å². The van der Waals surface area contributed by atoms with Crippen LogP contribution in [-0.2, 0) is 17.6 Å². The molecule has 0 saturated carbocycles. The fourth-order valence-corrected chi connectivity index (χ4v) is 2.85. The van der Waals surface area contributed by atoms with Crippen LogP contribution in [0.2, 0.25) is 0 Å². The van der Waals surface area contributed by atoms with Gasteiger partial charge in [-0.1, -0.05) is 6.07 Å². The molecule has 1 aliphatic heterocycles. The molecule has 0 aliphatic carbocycles. The average molecular weight is 315 g/mol. The van der Waals surface area contributed by atoms with Crippen LogP contribution in [0.5, 0.6) is 11.5 Å². The Balaban J connectivity index is 1.62. The molecule has 6 heteroatoms. The van der Waals surface area contributed by atoms with Gasteiger partial charge in [0.15, 0.2) is 0 Å². The van der Waals surface area contributed by atoms with Crippen molar-refractivity contribution in [3.63, 3.8) is 0 Å². The van der Waals surface area contributed by atoms with E-state index in [1.807, 2.05) is 32.0 Å². The van der Waals surface area contributed by atoms with Crippen LogP contribution in [0.1, 0.15) is 22.5 Å². The second kappa shape index (κ2) is 6.32. The van der Waals surface area contributed by atoms with E-state index in [1.54, 1.807) is 7.11 Å². The number of nitrogens with one attached hydrogen (secondary N) is 2. The van der Waals surface area contributed by atoms with Gasteiger partial charge in [0, 0.05) is 17.3 Å². The van der Waals surface area contributed by atoms with Crippen LogP contribution in [0.15, 0.2) is 18.2 Å². The van der Waals surface area contributed by atoms with Gasteiger partial charge in [0.2, 0.25) is 5.91 Å². The standard InChI is InChI=1S/C17H21N3O3/c1-10-15(11(2)20-19-10)8-17(21)18-13-6-12-4-5-14(22-3)7-16(12)23-9-13/h4-5,7,13H,6,8-9H2,1-3H3,(H,18,21)(H,19,20)/t13-/m0/s1. The maximum atomic E-state index is 12.3. The van der Waals surface area contributed by atoms with Crippen LogP contribution in [0.25, 0.3) is 0 Å². The molecule has 0 bridgehead atoms. The number of amides is 1. The van der Waals surface area contributed by atoms with Gasteiger partial charge in [0.25, 0.3) is 0 Å². The molecule has 1 aromatic carbocycles. The number of aryl methyl sites for hydroxylation is 2. The minimum Gasteiger partial charge on any atom is -0.497 e. The molecule has 6 nitrogen and oxygen atoms in total. The van der Waals surface area contributed by atoms with Gasteiger partial charge in [-0.2, -0.15) is 5.10 Å². The van der Waals surface area contributed by atoms with Gasteiger partial charge in [-0.05, 0) is 31.9 Å². The largest absolute Gasteiger partial charge is 0.497 e. The second-order valence-electron chi connectivity index (χ2n) is 5.84. The molecular weight excluding hydrogens is 294 g/mol. The zero-order valence-electron chi connectivity index (χ0n) is 13.6.